The molecule has 0 fully saturated rings. The highest BCUT2D eigenvalue weighted by Crippen LogP contribution is 2.12. The summed E-state index contributed by atoms with van der Waals surface area (Å²) in [4.78, 5) is 2.52. The van der Waals surface area contributed by atoms with Crippen LogP contribution in [0.2, 0.25) is 0 Å². The predicted molar refractivity (Wildman–Crippen MR) is 69.3 cm³/mol. The van der Waals surface area contributed by atoms with Crippen LogP contribution in [-0.4, -0.2) is 37.6 Å². The first-order valence-corrected chi connectivity index (χ1v) is 6.43. The lowest BCUT2D eigenvalue weighted by Crippen LogP contribution is -2.45. The zero-order chi connectivity index (χ0) is 11.8. The fourth-order valence-corrected chi connectivity index (χ4v) is 1.95. The van der Waals surface area contributed by atoms with Crippen molar-refractivity contribution in [2.45, 2.75) is 47.1 Å². The molecule has 0 radical (unpaired) electrons. The summed E-state index contributed by atoms with van der Waals surface area (Å²) >= 11 is 0. The number of likely N-dealkylation sites (N-methyl/N-ethyl adjacent to an activating group) is 2. The Morgan fingerprint density at radius 2 is 1.73 bits per heavy atom. The van der Waals surface area contributed by atoms with Crippen LogP contribution in [0.3, 0.4) is 0 Å². The van der Waals surface area contributed by atoms with Gasteiger partial charge in [-0.15, -0.1) is 0 Å². The monoisotopic (exact) mass is 214 g/mol. The van der Waals surface area contributed by atoms with Crippen LogP contribution in [0.5, 0.6) is 0 Å². The van der Waals surface area contributed by atoms with E-state index in [9.17, 15) is 0 Å². The van der Waals surface area contributed by atoms with Crippen LogP contribution in [0.15, 0.2) is 0 Å². The van der Waals surface area contributed by atoms with E-state index in [0.29, 0.717) is 6.04 Å². The fraction of sp³-hybridized carbons (Fsp3) is 1.00. The van der Waals surface area contributed by atoms with E-state index in [1.807, 2.05) is 0 Å². The molecular weight excluding hydrogens is 184 g/mol. The van der Waals surface area contributed by atoms with Gasteiger partial charge < -0.3 is 10.2 Å². The minimum atomic E-state index is 0.666. The smallest absolute Gasteiger partial charge is 0.0240 e. The van der Waals surface area contributed by atoms with Crippen molar-refractivity contribution in [1.82, 2.24) is 10.2 Å². The molecule has 0 aromatic rings. The molecule has 2 heteroatoms. The Morgan fingerprint density at radius 3 is 2.13 bits per heavy atom. The Balaban J connectivity index is 4.09. The van der Waals surface area contributed by atoms with Gasteiger partial charge in [0.1, 0.15) is 0 Å². The number of nitrogens with zero attached hydrogens (tertiary/aromatic N) is 1. The lowest BCUT2D eigenvalue weighted by Gasteiger charge is -2.33. The number of nitrogens with one attached hydrogen (secondary N) is 1. The second kappa shape index (κ2) is 8.12. The van der Waals surface area contributed by atoms with Crippen LogP contribution in [0, 0.1) is 11.8 Å². The quantitative estimate of drug-likeness (QED) is 0.668. The van der Waals surface area contributed by atoms with Gasteiger partial charge in [-0.25, -0.2) is 0 Å². The van der Waals surface area contributed by atoms with Crippen molar-refractivity contribution >= 4 is 0 Å². The third kappa shape index (κ3) is 6.16. The molecule has 15 heavy (non-hydrogen) atoms. The maximum absolute atomic E-state index is 3.46. The van der Waals surface area contributed by atoms with Gasteiger partial charge >= 0.3 is 0 Å². The Morgan fingerprint density at radius 1 is 1.13 bits per heavy atom. The molecule has 0 aliphatic carbocycles. The van der Waals surface area contributed by atoms with Crippen molar-refractivity contribution in [2.24, 2.45) is 11.8 Å². The highest BCUT2D eigenvalue weighted by Gasteiger charge is 2.18. The highest BCUT2D eigenvalue weighted by molar-refractivity contribution is 4.75. The van der Waals surface area contributed by atoms with Gasteiger partial charge in [0.15, 0.2) is 0 Å². The first-order valence-electron chi connectivity index (χ1n) is 6.43. The van der Waals surface area contributed by atoms with E-state index >= 15 is 0 Å². The fourth-order valence-electron chi connectivity index (χ4n) is 1.95. The molecule has 0 rings (SSSR count). The van der Waals surface area contributed by atoms with E-state index in [2.05, 4.69) is 51.9 Å². The van der Waals surface area contributed by atoms with Crippen molar-refractivity contribution < 1.29 is 0 Å². The van der Waals surface area contributed by atoms with Gasteiger partial charge in [-0.2, -0.15) is 0 Å². The van der Waals surface area contributed by atoms with Crippen molar-refractivity contribution in [3.8, 4) is 0 Å². The zero-order valence-corrected chi connectivity index (χ0v) is 11.5. The number of hydrogen-bond acceptors (Lipinski definition) is 2. The summed E-state index contributed by atoms with van der Waals surface area (Å²) in [7, 11) is 2.26. The maximum Gasteiger partial charge on any atom is 0.0240 e. The minimum Gasteiger partial charge on any atom is -0.315 e. The minimum absolute atomic E-state index is 0.666. The summed E-state index contributed by atoms with van der Waals surface area (Å²) < 4.78 is 0. The predicted octanol–water partition coefficient (Wildman–Crippen LogP) is 2.60. The molecule has 0 saturated heterocycles. The van der Waals surface area contributed by atoms with E-state index in [4.69, 9.17) is 0 Å². The van der Waals surface area contributed by atoms with Gasteiger partial charge in [-0.1, -0.05) is 41.0 Å². The summed E-state index contributed by atoms with van der Waals surface area (Å²) in [6, 6.07) is 0.666. The first-order chi connectivity index (χ1) is 7.02. The standard InChI is InChI=1S/C13H30N2/c1-7-12(5)10-15(6)13(11(3)4)9-14-8-2/h11-14H,7-10H2,1-6H3. The molecule has 2 atom stereocenters. The summed E-state index contributed by atoms with van der Waals surface area (Å²) in [6.07, 6.45) is 1.27. The van der Waals surface area contributed by atoms with E-state index in [1.165, 1.54) is 13.0 Å². The summed E-state index contributed by atoms with van der Waals surface area (Å²) in [5.74, 6) is 1.52. The van der Waals surface area contributed by atoms with Gasteiger partial charge in [0.25, 0.3) is 0 Å². The van der Waals surface area contributed by atoms with Crippen LogP contribution >= 0.6 is 0 Å². The second-order valence-corrected chi connectivity index (χ2v) is 5.07. The first kappa shape index (κ1) is 14.9. The van der Waals surface area contributed by atoms with Crippen LogP contribution in [0.4, 0.5) is 0 Å². The van der Waals surface area contributed by atoms with Crippen molar-refractivity contribution in [2.75, 3.05) is 26.7 Å². The van der Waals surface area contributed by atoms with Gasteiger partial charge in [0.2, 0.25) is 0 Å². The molecule has 0 bridgehead atoms. The second-order valence-electron chi connectivity index (χ2n) is 5.07. The van der Waals surface area contributed by atoms with E-state index in [1.54, 1.807) is 0 Å². The lowest BCUT2D eigenvalue weighted by molar-refractivity contribution is 0.165. The Kier molecular flexibility index (Phi) is 8.07. The number of rotatable bonds is 8. The molecule has 0 aliphatic heterocycles. The Labute approximate surface area is 96.4 Å². The normalized spacial score (nSPS) is 16.0. The van der Waals surface area contributed by atoms with Gasteiger partial charge in [0.05, 0.1) is 0 Å². The Bertz CT molecular complexity index is 145. The van der Waals surface area contributed by atoms with E-state index in [-0.39, 0.29) is 0 Å². The molecule has 0 saturated carbocycles. The molecule has 2 unspecified atom stereocenters. The molecule has 0 amide bonds. The van der Waals surface area contributed by atoms with Crippen molar-refractivity contribution in [3.63, 3.8) is 0 Å². The topological polar surface area (TPSA) is 15.3 Å². The average Bonchev–Trinajstić information content (AvgIpc) is 2.17. The van der Waals surface area contributed by atoms with E-state index in [0.717, 1.165) is 24.9 Å². The van der Waals surface area contributed by atoms with Gasteiger partial charge in [-0.3, -0.25) is 0 Å². The van der Waals surface area contributed by atoms with Gasteiger partial charge in [0, 0.05) is 19.1 Å². The largest absolute Gasteiger partial charge is 0.315 e. The Hall–Kier alpha value is -0.0800. The van der Waals surface area contributed by atoms with E-state index < -0.39 is 0 Å². The third-order valence-electron chi connectivity index (χ3n) is 3.24. The molecule has 1 N–H and O–H groups in total. The van der Waals surface area contributed by atoms with Crippen LogP contribution in [-0.2, 0) is 0 Å². The molecule has 0 heterocycles. The molecule has 92 valence electrons. The molecule has 0 aromatic heterocycles. The van der Waals surface area contributed by atoms with Crippen molar-refractivity contribution in [1.29, 1.82) is 0 Å². The van der Waals surface area contributed by atoms with Crippen molar-refractivity contribution in [3.05, 3.63) is 0 Å². The molecule has 0 spiro atoms. The number of hydrogen-bond donors (Lipinski definition) is 1. The molecule has 0 aromatic carbocycles. The molecular formula is C13H30N2. The highest BCUT2D eigenvalue weighted by atomic mass is 15.2. The van der Waals surface area contributed by atoms with Gasteiger partial charge in [-0.05, 0) is 25.4 Å². The lowest BCUT2D eigenvalue weighted by atomic mass is 10.0. The molecule has 2 nitrogen and oxygen atoms in total. The summed E-state index contributed by atoms with van der Waals surface area (Å²) in [5, 5.41) is 3.46. The zero-order valence-electron chi connectivity index (χ0n) is 11.5. The third-order valence-corrected chi connectivity index (χ3v) is 3.24. The maximum atomic E-state index is 3.46. The SMILES string of the molecule is CCNCC(C(C)C)N(C)CC(C)CC. The summed E-state index contributed by atoms with van der Waals surface area (Å²) in [5.41, 5.74) is 0. The average molecular weight is 214 g/mol. The van der Waals surface area contributed by atoms with Crippen LogP contribution < -0.4 is 5.32 Å². The molecule has 0 aliphatic rings. The summed E-state index contributed by atoms with van der Waals surface area (Å²) in [6.45, 7) is 14.8. The van der Waals surface area contributed by atoms with Crippen LogP contribution in [0.25, 0.3) is 0 Å². The van der Waals surface area contributed by atoms with Crippen LogP contribution in [0.1, 0.15) is 41.0 Å².